The number of benzene rings is 1. The number of nitrogens with zero attached hydrogens (tertiary/aromatic N) is 1. The highest BCUT2D eigenvalue weighted by Crippen LogP contribution is 2.48. The summed E-state index contributed by atoms with van der Waals surface area (Å²) in [7, 11) is 0. The van der Waals surface area contributed by atoms with Gasteiger partial charge in [0.05, 0.1) is 18.1 Å². The molecule has 0 unspecified atom stereocenters. The second kappa shape index (κ2) is 10.9. The molecule has 1 aliphatic carbocycles. The molecule has 1 saturated carbocycles. The molecule has 1 aromatic carbocycles. The lowest BCUT2D eigenvalue weighted by Gasteiger charge is -2.47. The van der Waals surface area contributed by atoms with Crippen molar-refractivity contribution >= 4 is 5.91 Å². The number of aliphatic hydroxyl groups excluding tert-OH is 1. The number of rotatable bonds is 9. The zero-order valence-corrected chi connectivity index (χ0v) is 20.9. The molecule has 0 radical (unpaired) electrons. The van der Waals surface area contributed by atoms with Crippen LogP contribution in [0, 0.1) is 11.7 Å². The maximum Gasteiger partial charge on any atom is 0.391 e. The van der Waals surface area contributed by atoms with E-state index in [1.165, 1.54) is 25.3 Å². The van der Waals surface area contributed by atoms with E-state index in [0.29, 0.717) is 29.0 Å². The van der Waals surface area contributed by atoms with Gasteiger partial charge in [0.15, 0.2) is 0 Å². The zero-order valence-electron chi connectivity index (χ0n) is 20.9. The summed E-state index contributed by atoms with van der Waals surface area (Å²) in [6.45, 7) is 2.60. The number of halogens is 4. The second-order valence-corrected chi connectivity index (χ2v) is 10.4. The lowest BCUT2D eigenvalue weighted by Crippen LogP contribution is -2.52. The number of aliphatic hydroxyl groups is 1. The fourth-order valence-corrected chi connectivity index (χ4v) is 5.09. The van der Waals surface area contributed by atoms with Crippen molar-refractivity contribution in [3.8, 4) is 5.88 Å². The van der Waals surface area contributed by atoms with Gasteiger partial charge in [0, 0.05) is 37.7 Å². The Morgan fingerprint density at radius 1 is 1.24 bits per heavy atom. The number of hydrogen-bond acceptors (Lipinski definition) is 5. The van der Waals surface area contributed by atoms with Crippen molar-refractivity contribution in [1.82, 2.24) is 15.6 Å². The first-order valence-corrected chi connectivity index (χ1v) is 12.6. The average Bonchev–Trinajstić information content (AvgIpc) is 2.80. The standard InChI is InChI=1S/C27H33F4N3O3/c1-16(27(29,30)31)9-19-11-21-23(13-26(7-4-8-26)37-25(21)33-14-19)32-15-24(36)22(34-17(2)35)12-18-5-3-6-20(28)10-18/h3,5-6,10-11,14,16,22-24,32,36H,4,7-9,12-13,15H2,1-2H3,(H,34,35)/t16-,22-,23-,24-/m0/s1. The number of aromatic nitrogens is 1. The molecule has 3 N–H and O–H groups in total. The molecule has 1 amide bonds. The molecule has 0 bridgehead atoms. The minimum absolute atomic E-state index is 0.101. The van der Waals surface area contributed by atoms with Gasteiger partial charge in [-0.25, -0.2) is 9.37 Å². The lowest BCUT2D eigenvalue weighted by atomic mass is 9.73. The Bertz CT molecular complexity index is 1110. The summed E-state index contributed by atoms with van der Waals surface area (Å²) in [5, 5.41) is 17.1. The minimum Gasteiger partial charge on any atom is -0.471 e. The molecule has 0 saturated heterocycles. The molecule has 37 heavy (non-hydrogen) atoms. The van der Waals surface area contributed by atoms with E-state index in [4.69, 9.17) is 4.74 Å². The summed E-state index contributed by atoms with van der Waals surface area (Å²) in [6, 6.07) is 6.73. The van der Waals surface area contributed by atoms with Gasteiger partial charge in [-0.1, -0.05) is 19.1 Å². The molecule has 1 aromatic heterocycles. The van der Waals surface area contributed by atoms with Gasteiger partial charge in [-0.05, 0) is 61.4 Å². The summed E-state index contributed by atoms with van der Waals surface area (Å²) < 4.78 is 59.2. The Morgan fingerprint density at radius 2 is 2.00 bits per heavy atom. The van der Waals surface area contributed by atoms with E-state index >= 15 is 0 Å². The van der Waals surface area contributed by atoms with Gasteiger partial charge in [0.25, 0.3) is 0 Å². The quantitative estimate of drug-likeness (QED) is 0.425. The van der Waals surface area contributed by atoms with Gasteiger partial charge in [-0.15, -0.1) is 0 Å². The molecule has 2 heterocycles. The normalized spacial score (nSPS) is 20.8. The average molecular weight is 524 g/mol. The Balaban J connectivity index is 1.50. The number of amides is 1. The molecule has 1 aliphatic heterocycles. The maximum atomic E-state index is 13.7. The highest BCUT2D eigenvalue weighted by molar-refractivity contribution is 5.73. The van der Waals surface area contributed by atoms with Crippen molar-refractivity contribution in [2.75, 3.05) is 6.54 Å². The topological polar surface area (TPSA) is 83.5 Å². The number of hydrogen-bond donors (Lipinski definition) is 3. The molecule has 6 nitrogen and oxygen atoms in total. The van der Waals surface area contributed by atoms with Crippen LogP contribution in [0.5, 0.6) is 5.88 Å². The molecule has 10 heteroatoms. The highest BCUT2D eigenvalue weighted by atomic mass is 19.4. The van der Waals surface area contributed by atoms with E-state index in [0.717, 1.165) is 26.2 Å². The summed E-state index contributed by atoms with van der Waals surface area (Å²) in [6.07, 6.45) is -0.493. The van der Waals surface area contributed by atoms with E-state index in [1.807, 2.05) is 0 Å². The van der Waals surface area contributed by atoms with Crippen molar-refractivity contribution in [2.45, 2.75) is 82.3 Å². The second-order valence-electron chi connectivity index (χ2n) is 10.4. The van der Waals surface area contributed by atoms with Crippen LogP contribution in [0.2, 0.25) is 0 Å². The number of carbonyl (C=O) groups excluding carboxylic acids is 1. The Labute approximate surface area is 213 Å². The van der Waals surface area contributed by atoms with E-state index in [-0.39, 0.29) is 36.9 Å². The van der Waals surface area contributed by atoms with Crippen LogP contribution in [0.15, 0.2) is 36.5 Å². The Morgan fingerprint density at radius 3 is 2.62 bits per heavy atom. The van der Waals surface area contributed by atoms with Gasteiger partial charge >= 0.3 is 6.18 Å². The number of nitrogens with one attached hydrogen (secondary N) is 2. The highest BCUT2D eigenvalue weighted by Gasteiger charge is 2.46. The lowest BCUT2D eigenvalue weighted by molar-refractivity contribution is -0.169. The number of pyridine rings is 1. The number of carbonyl (C=O) groups is 1. The van der Waals surface area contributed by atoms with Crippen molar-refractivity contribution in [3.05, 3.63) is 59.0 Å². The molecular formula is C27H33F4N3O3. The van der Waals surface area contributed by atoms with Crippen LogP contribution < -0.4 is 15.4 Å². The summed E-state index contributed by atoms with van der Waals surface area (Å²) >= 11 is 0. The van der Waals surface area contributed by atoms with E-state index in [9.17, 15) is 27.5 Å². The van der Waals surface area contributed by atoms with Crippen LogP contribution in [-0.4, -0.2) is 46.5 Å². The van der Waals surface area contributed by atoms with Crippen molar-refractivity contribution in [2.24, 2.45) is 5.92 Å². The zero-order chi connectivity index (χ0) is 26.8. The van der Waals surface area contributed by atoms with Crippen molar-refractivity contribution in [1.29, 1.82) is 0 Å². The van der Waals surface area contributed by atoms with Gasteiger partial charge in [-0.3, -0.25) is 4.79 Å². The largest absolute Gasteiger partial charge is 0.471 e. The fourth-order valence-electron chi connectivity index (χ4n) is 5.09. The smallest absolute Gasteiger partial charge is 0.391 e. The third-order valence-corrected chi connectivity index (χ3v) is 7.34. The molecule has 1 spiro atoms. The number of ether oxygens (including phenoxy) is 1. The van der Waals surface area contributed by atoms with E-state index in [2.05, 4.69) is 15.6 Å². The summed E-state index contributed by atoms with van der Waals surface area (Å²) in [5.41, 5.74) is 1.39. The van der Waals surface area contributed by atoms with Crippen LogP contribution in [0.3, 0.4) is 0 Å². The van der Waals surface area contributed by atoms with Crippen LogP contribution in [0.1, 0.15) is 62.3 Å². The predicted octanol–water partition coefficient (Wildman–Crippen LogP) is 4.41. The van der Waals surface area contributed by atoms with Crippen LogP contribution in [-0.2, 0) is 17.6 Å². The van der Waals surface area contributed by atoms with E-state index in [1.54, 1.807) is 18.2 Å². The molecule has 2 aliphatic rings. The molecule has 4 rings (SSSR count). The third-order valence-electron chi connectivity index (χ3n) is 7.34. The maximum absolute atomic E-state index is 13.7. The SMILES string of the molecule is CC(=O)N[C@@H](Cc1cccc(F)c1)[C@@H](O)CN[C@H]1CC2(CCC2)Oc2ncc(C[C@H](C)C(F)(F)F)cc21. The first-order chi connectivity index (χ1) is 17.4. The summed E-state index contributed by atoms with van der Waals surface area (Å²) in [4.78, 5) is 16.2. The number of alkyl halides is 3. The van der Waals surface area contributed by atoms with Gasteiger partial charge in [-0.2, -0.15) is 13.2 Å². The van der Waals surface area contributed by atoms with Crippen LogP contribution in [0.25, 0.3) is 0 Å². The molecule has 202 valence electrons. The molecular weight excluding hydrogens is 490 g/mol. The first-order valence-electron chi connectivity index (χ1n) is 12.6. The fraction of sp³-hybridized carbons (Fsp3) is 0.556. The van der Waals surface area contributed by atoms with E-state index < -0.39 is 30.1 Å². The predicted molar refractivity (Wildman–Crippen MR) is 129 cm³/mol. The van der Waals surface area contributed by atoms with Crippen LogP contribution >= 0.6 is 0 Å². The monoisotopic (exact) mass is 523 g/mol. The van der Waals surface area contributed by atoms with Gasteiger partial charge < -0.3 is 20.5 Å². The van der Waals surface area contributed by atoms with Crippen molar-refractivity contribution < 1.29 is 32.2 Å². The molecule has 1 fully saturated rings. The van der Waals surface area contributed by atoms with Gasteiger partial charge in [0.2, 0.25) is 11.8 Å². The van der Waals surface area contributed by atoms with Crippen molar-refractivity contribution in [3.63, 3.8) is 0 Å². The Kier molecular flexibility index (Phi) is 8.08. The minimum atomic E-state index is -4.30. The molecule has 4 atom stereocenters. The summed E-state index contributed by atoms with van der Waals surface area (Å²) in [5.74, 6) is -1.83. The number of fused-ring (bicyclic) bond motifs is 1. The molecule has 2 aromatic rings. The van der Waals surface area contributed by atoms with Gasteiger partial charge in [0.1, 0.15) is 11.4 Å². The third kappa shape index (κ3) is 6.78. The Hall–Kier alpha value is -2.72. The van der Waals surface area contributed by atoms with Crippen LogP contribution in [0.4, 0.5) is 17.6 Å². The first kappa shape index (κ1) is 27.3.